The average Bonchev–Trinajstić information content (AvgIpc) is 2.63. The molecule has 0 unspecified atom stereocenters. The fourth-order valence-corrected chi connectivity index (χ4v) is 2.29. The molecule has 0 aromatic heterocycles. The normalized spacial score (nSPS) is 12.8. The van der Waals surface area contributed by atoms with Gasteiger partial charge in [0.1, 0.15) is 6.29 Å². The van der Waals surface area contributed by atoms with Crippen LogP contribution in [-0.4, -0.2) is 16.1 Å². The largest absolute Gasteiger partial charge is 0.303 e. The van der Waals surface area contributed by atoms with Crippen molar-refractivity contribution in [2.24, 2.45) is 0 Å². The molecule has 0 aliphatic carbocycles. The molecule has 0 spiro atoms. The minimum atomic E-state index is -0.547. The van der Waals surface area contributed by atoms with E-state index in [-0.39, 0.29) is 30.7 Å². The monoisotopic (exact) mass is 378 g/mol. The molecule has 0 aliphatic heterocycles. The van der Waals surface area contributed by atoms with E-state index in [9.17, 15) is 25.0 Å². The van der Waals surface area contributed by atoms with Crippen molar-refractivity contribution in [1.29, 1.82) is 0 Å². The van der Waals surface area contributed by atoms with E-state index in [1.165, 1.54) is 31.4 Å². The molecule has 0 N–H and O–H groups in total. The van der Waals surface area contributed by atoms with Gasteiger partial charge in [0.25, 0.3) is 0 Å². The van der Waals surface area contributed by atoms with Crippen molar-refractivity contribution in [2.45, 2.75) is 71.1 Å². The van der Waals surface area contributed by atoms with Crippen molar-refractivity contribution in [1.82, 2.24) is 0 Å². The van der Waals surface area contributed by atoms with Gasteiger partial charge in [0, 0.05) is 12.8 Å². The number of aldehydes is 1. The van der Waals surface area contributed by atoms with Crippen LogP contribution >= 0.6 is 0 Å². The van der Waals surface area contributed by atoms with E-state index < -0.39 is 9.85 Å². The molecule has 0 radical (unpaired) electrons. The Morgan fingerprint density at radius 3 is 2.11 bits per heavy atom. The van der Waals surface area contributed by atoms with E-state index in [1.807, 2.05) is 12.2 Å². The van der Waals surface area contributed by atoms with Crippen molar-refractivity contribution >= 4 is 6.29 Å². The lowest BCUT2D eigenvalue weighted by Crippen LogP contribution is -2.02. The molecule has 0 rings (SSSR count). The Balaban J connectivity index is 4.49. The van der Waals surface area contributed by atoms with Crippen molar-refractivity contribution in [3.63, 3.8) is 0 Å². The number of carbonyl (C=O) groups excluding carboxylic acids is 1. The molecule has 0 aliphatic rings. The number of nitro groups is 2. The molecule has 0 bridgehead atoms. The van der Waals surface area contributed by atoms with Crippen LogP contribution in [0.4, 0.5) is 0 Å². The van der Waals surface area contributed by atoms with Crippen LogP contribution in [0.25, 0.3) is 0 Å². The van der Waals surface area contributed by atoms with Crippen LogP contribution < -0.4 is 0 Å². The van der Waals surface area contributed by atoms with Crippen LogP contribution in [0, 0.1) is 20.2 Å². The SMILES string of the molecule is CCCCC/C=C/C/C=C/C/C=C(/C/C=C(/CCCC=O)[N+](=O)[O-])[N+](=O)[O-]. The topological polar surface area (TPSA) is 103 Å². The van der Waals surface area contributed by atoms with Crippen molar-refractivity contribution in [3.8, 4) is 0 Å². The lowest BCUT2D eigenvalue weighted by Gasteiger charge is -1.98. The minimum Gasteiger partial charge on any atom is -0.303 e. The van der Waals surface area contributed by atoms with Crippen molar-refractivity contribution < 1.29 is 14.6 Å². The summed E-state index contributed by atoms with van der Waals surface area (Å²) in [6.45, 7) is 2.17. The first-order valence-corrected chi connectivity index (χ1v) is 9.43. The Bertz CT molecular complexity index is 577. The molecule has 0 heterocycles. The second-order valence-electron chi connectivity index (χ2n) is 6.08. The highest BCUT2D eigenvalue weighted by Gasteiger charge is 2.14. The molecule has 0 aromatic carbocycles. The van der Waals surface area contributed by atoms with E-state index >= 15 is 0 Å². The summed E-state index contributed by atoms with van der Waals surface area (Å²) < 4.78 is 0. The molecule has 0 saturated heterocycles. The first-order valence-electron chi connectivity index (χ1n) is 9.43. The zero-order valence-electron chi connectivity index (χ0n) is 16.0. The van der Waals surface area contributed by atoms with Crippen molar-refractivity contribution in [2.75, 3.05) is 0 Å². The highest BCUT2D eigenvalue weighted by molar-refractivity contribution is 5.49. The molecule has 7 nitrogen and oxygen atoms in total. The van der Waals surface area contributed by atoms with Gasteiger partial charge in [-0.2, -0.15) is 0 Å². The number of hydrogen-bond acceptors (Lipinski definition) is 5. The predicted molar refractivity (Wildman–Crippen MR) is 106 cm³/mol. The first kappa shape index (κ1) is 24.4. The third kappa shape index (κ3) is 14.3. The number of carbonyl (C=O) groups is 1. The van der Waals surface area contributed by atoms with Crippen LogP contribution in [-0.2, 0) is 4.79 Å². The standard InChI is InChI=1S/C20H30N2O5/c1-2-3-4-5-6-7-8-9-10-11-14-19(21(24)25)16-17-20(22(26)27)15-12-13-18-23/h6-7,9-10,14,17-18H,2-5,8,11-13,15-16H2,1H3/b7-6+,10-9+,19-14-,20-17-. The van der Waals surface area contributed by atoms with Gasteiger partial charge in [-0.05, 0) is 44.3 Å². The lowest BCUT2D eigenvalue weighted by molar-refractivity contribution is -0.432. The molecule has 0 aromatic rings. The summed E-state index contributed by atoms with van der Waals surface area (Å²) in [5, 5.41) is 22.1. The maximum Gasteiger partial charge on any atom is 0.246 e. The van der Waals surface area contributed by atoms with Gasteiger partial charge in [0.15, 0.2) is 0 Å². The summed E-state index contributed by atoms with van der Waals surface area (Å²) in [5.41, 5.74) is -0.155. The maximum atomic E-state index is 11.1. The molecule has 0 atom stereocenters. The van der Waals surface area contributed by atoms with Gasteiger partial charge in [-0.1, -0.05) is 44.1 Å². The summed E-state index contributed by atoms with van der Waals surface area (Å²) in [7, 11) is 0. The number of hydrogen-bond donors (Lipinski definition) is 0. The summed E-state index contributed by atoms with van der Waals surface area (Å²) in [5.74, 6) is 0. The Hall–Kier alpha value is -2.57. The average molecular weight is 378 g/mol. The molecule has 7 heteroatoms. The summed E-state index contributed by atoms with van der Waals surface area (Å²) in [6, 6.07) is 0. The predicted octanol–water partition coefficient (Wildman–Crippen LogP) is 5.54. The van der Waals surface area contributed by atoms with Crippen LogP contribution in [0.3, 0.4) is 0 Å². The lowest BCUT2D eigenvalue weighted by atomic mass is 10.1. The van der Waals surface area contributed by atoms with E-state index in [2.05, 4.69) is 19.1 Å². The molecular formula is C20H30N2O5. The molecule has 0 amide bonds. The minimum absolute atomic E-state index is 0.0653. The third-order valence-corrected chi connectivity index (χ3v) is 3.84. The van der Waals surface area contributed by atoms with Crippen LogP contribution in [0.5, 0.6) is 0 Å². The maximum absolute atomic E-state index is 11.1. The Kier molecular flexibility index (Phi) is 15.3. The first-order chi connectivity index (χ1) is 13.0. The van der Waals surface area contributed by atoms with E-state index in [1.54, 1.807) is 0 Å². The van der Waals surface area contributed by atoms with Gasteiger partial charge < -0.3 is 4.79 Å². The van der Waals surface area contributed by atoms with Gasteiger partial charge in [0.2, 0.25) is 11.4 Å². The molecular weight excluding hydrogens is 348 g/mol. The number of nitrogens with zero attached hydrogens (tertiary/aromatic N) is 2. The Morgan fingerprint density at radius 1 is 0.815 bits per heavy atom. The van der Waals surface area contributed by atoms with Crippen LogP contribution in [0.2, 0.25) is 0 Å². The number of allylic oxidation sites excluding steroid dienone is 7. The van der Waals surface area contributed by atoms with Gasteiger partial charge >= 0.3 is 0 Å². The van der Waals surface area contributed by atoms with Gasteiger partial charge in [-0.25, -0.2) is 0 Å². The Labute approximate surface area is 160 Å². The number of unbranched alkanes of at least 4 members (excludes halogenated alkanes) is 4. The molecule has 0 fully saturated rings. The van der Waals surface area contributed by atoms with E-state index in [4.69, 9.17) is 0 Å². The highest BCUT2D eigenvalue weighted by Crippen LogP contribution is 2.13. The molecule has 0 saturated carbocycles. The summed E-state index contributed by atoms with van der Waals surface area (Å²) >= 11 is 0. The van der Waals surface area contributed by atoms with E-state index in [0.717, 1.165) is 12.8 Å². The second kappa shape index (κ2) is 16.9. The summed E-state index contributed by atoms with van der Waals surface area (Å²) in [4.78, 5) is 31.3. The highest BCUT2D eigenvalue weighted by atomic mass is 16.6. The number of rotatable bonds is 16. The van der Waals surface area contributed by atoms with Gasteiger partial charge in [-0.3, -0.25) is 20.2 Å². The fraction of sp³-hybridized carbons (Fsp3) is 0.550. The second-order valence-corrected chi connectivity index (χ2v) is 6.08. The van der Waals surface area contributed by atoms with E-state index in [0.29, 0.717) is 19.1 Å². The zero-order valence-corrected chi connectivity index (χ0v) is 16.0. The van der Waals surface area contributed by atoms with Crippen LogP contribution in [0.1, 0.15) is 71.1 Å². The summed E-state index contributed by atoms with van der Waals surface area (Å²) in [6.07, 6.45) is 18.0. The zero-order chi connectivity index (χ0) is 20.3. The fourth-order valence-electron chi connectivity index (χ4n) is 2.29. The Morgan fingerprint density at radius 2 is 1.48 bits per heavy atom. The molecule has 150 valence electrons. The van der Waals surface area contributed by atoms with Gasteiger partial charge in [-0.15, -0.1) is 0 Å². The van der Waals surface area contributed by atoms with Crippen LogP contribution in [0.15, 0.2) is 47.9 Å². The van der Waals surface area contributed by atoms with Crippen molar-refractivity contribution in [3.05, 3.63) is 68.1 Å². The third-order valence-electron chi connectivity index (χ3n) is 3.84. The molecule has 27 heavy (non-hydrogen) atoms. The van der Waals surface area contributed by atoms with Gasteiger partial charge in [0.05, 0.1) is 16.3 Å². The quantitative estimate of drug-likeness (QED) is 0.115. The smallest absolute Gasteiger partial charge is 0.246 e.